The molecule has 0 spiro atoms. The molecule has 0 radical (unpaired) electrons. The second-order valence-electron chi connectivity index (χ2n) is 22.7. The van der Waals surface area contributed by atoms with Gasteiger partial charge in [-0.2, -0.15) is 0 Å². The van der Waals surface area contributed by atoms with Crippen LogP contribution in [0, 0.1) is 0 Å². The SMILES string of the molecule is COc1cc(C(C)(C)C)c2op(OC[C@H]3O[C@H](OC)[C@H]4OC(C)(C)O[C@H]4[C@@H]3Op3oc4c(C(C)(C)C)cc(OC)cc4c4cc(OC)cc(C(C)(C)C)c4o3)oc3c(C(C)(C)C)cc(OC)cc3c2c1. The van der Waals surface area contributed by atoms with Crippen LogP contribution in [-0.2, 0) is 40.6 Å². The van der Waals surface area contributed by atoms with E-state index >= 15 is 0 Å². The highest BCUT2D eigenvalue weighted by Crippen LogP contribution is 2.49. The zero-order valence-corrected chi connectivity index (χ0v) is 46.1. The first-order valence-corrected chi connectivity index (χ1v) is 25.9. The Bertz CT molecular complexity index is 2830. The summed E-state index contributed by atoms with van der Waals surface area (Å²) in [7, 11) is 3.80. The first kappa shape index (κ1) is 52.0. The second kappa shape index (κ2) is 18.9. The second-order valence-corrected chi connectivity index (χ2v) is 24.8. The molecule has 0 amide bonds. The number of hydrogen-bond donors (Lipinski definition) is 0. The fraction of sp³-hybridized carbons (Fsp3) is 0.556. The molecule has 0 N–H and O–H groups in total. The monoisotopic (exact) mass is 1010 g/mol. The summed E-state index contributed by atoms with van der Waals surface area (Å²) in [6.07, 6.45) is -4.01. The normalized spacial score (nSPS) is 20.8. The van der Waals surface area contributed by atoms with Crippen LogP contribution >= 0.6 is 16.5 Å². The molecule has 2 aromatic heterocycles. The summed E-state index contributed by atoms with van der Waals surface area (Å²) in [5.41, 5.74) is 4.54. The predicted molar refractivity (Wildman–Crippen MR) is 275 cm³/mol. The molecule has 2 aliphatic heterocycles. The molecule has 70 heavy (non-hydrogen) atoms. The number of hydrogen-bond acceptors (Lipinski definition) is 14. The maximum absolute atomic E-state index is 7.23. The third-order valence-electron chi connectivity index (χ3n) is 12.9. The Morgan fingerprint density at radius 1 is 0.471 bits per heavy atom. The number of ether oxygens (including phenoxy) is 8. The van der Waals surface area contributed by atoms with Gasteiger partial charge in [0, 0.05) is 50.9 Å². The summed E-state index contributed by atoms with van der Waals surface area (Å²) in [4.78, 5) is 0. The van der Waals surface area contributed by atoms with Crippen molar-refractivity contribution in [3.63, 3.8) is 0 Å². The van der Waals surface area contributed by atoms with Crippen molar-refractivity contribution < 1.29 is 63.7 Å². The highest BCUT2D eigenvalue weighted by molar-refractivity contribution is 7.32. The highest BCUT2D eigenvalue weighted by atomic mass is 31.1. The maximum Gasteiger partial charge on any atom is 0.387 e. The van der Waals surface area contributed by atoms with Crippen LogP contribution < -0.4 is 28.0 Å². The van der Waals surface area contributed by atoms with Gasteiger partial charge in [0.05, 0.1) is 35.0 Å². The van der Waals surface area contributed by atoms with Crippen LogP contribution in [0.5, 0.6) is 23.0 Å². The molecule has 6 aromatic rings. The molecule has 4 aromatic carbocycles. The van der Waals surface area contributed by atoms with Gasteiger partial charge >= 0.3 is 16.5 Å². The minimum absolute atomic E-state index is 0.0822. The molecule has 0 saturated carbocycles. The lowest BCUT2D eigenvalue weighted by atomic mass is 9.84. The molecule has 14 nitrogen and oxygen atoms in total. The number of benzene rings is 4. The minimum atomic E-state index is -2.27. The lowest BCUT2D eigenvalue weighted by molar-refractivity contribution is -0.262. The Morgan fingerprint density at radius 2 is 0.800 bits per heavy atom. The van der Waals surface area contributed by atoms with Crippen molar-refractivity contribution in [3.05, 3.63) is 70.8 Å². The average Bonchev–Trinajstić information content (AvgIpc) is 3.41. The summed E-state index contributed by atoms with van der Waals surface area (Å²) in [6, 6.07) is 15.9. The first-order chi connectivity index (χ1) is 32.7. The number of fused-ring (bicyclic) bond motifs is 7. The first-order valence-electron chi connectivity index (χ1n) is 23.7. The largest absolute Gasteiger partial charge is 0.497 e. The predicted octanol–water partition coefficient (Wildman–Crippen LogP) is 13.9. The van der Waals surface area contributed by atoms with Crippen molar-refractivity contribution >= 4 is 60.4 Å². The third kappa shape index (κ3) is 10.2. The molecule has 0 aliphatic carbocycles. The molecule has 4 heterocycles. The van der Waals surface area contributed by atoms with Gasteiger partial charge in [-0.15, -0.1) is 0 Å². The van der Waals surface area contributed by atoms with E-state index in [0.29, 0.717) is 45.3 Å². The van der Waals surface area contributed by atoms with Crippen LogP contribution in [0.3, 0.4) is 0 Å². The van der Waals surface area contributed by atoms with Crippen molar-refractivity contribution in [1.29, 1.82) is 0 Å². The Kier molecular flexibility index (Phi) is 14.0. The topological polar surface area (TPSA) is 145 Å². The van der Waals surface area contributed by atoms with Crippen LogP contribution in [0.4, 0.5) is 0 Å². The number of rotatable bonds is 10. The number of methoxy groups -OCH3 is 5. The van der Waals surface area contributed by atoms with Crippen LogP contribution in [0.1, 0.15) is 119 Å². The Balaban J connectivity index is 1.35. The van der Waals surface area contributed by atoms with Crippen molar-refractivity contribution in [1.82, 2.24) is 0 Å². The van der Waals surface area contributed by atoms with Crippen molar-refractivity contribution in [2.24, 2.45) is 0 Å². The highest BCUT2D eigenvalue weighted by Gasteiger charge is 2.57. The van der Waals surface area contributed by atoms with Gasteiger partial charge in [-0.05, 0) is 84.0 Å². The lowest BCUT2D eigenvalue weighted by Crippen LogP contribution is -2.60. The van der Waals surface area contributed by atoms with Crippen LogP contribution in [0.25, 0.3) is 43.9 Å². The Labute approximate surface area is 413 Å². The smallest absolute Gasteiger partial charge is 0.387 e. The van der Waals surface area contributed by atoms with Crippen LogP contribution in [-0.4, -0.2) is 78.6 Å². The van der Waals surface area contributed by atoms with Gasteiger partial charge in [0.25, 0.3) is 0 Å². The molecule has 382 valence electrons. The summed E-state index contributed by atoms with van der Waals surface area (Å²) < 4.78 is 91.9. The van der Waals surface area contributed by atoms with Gasteiger partial charge in [0.1, 0.15) is 69.7 Å². The van der Waals surface area contributed by atoms with Crippen molar-refractivity contribution in [2.75, 3.05) is 42.2 Å². The van der Waals surface area contributed by atoms with Gasteiger partial charge in [0.15, 0.2) is 12.1 Å². The van der Waals surface area contributed by atoms with E-state index in [2.05, 4.69) is 83.1 Å². The fourth-order valence-corrected chi connectivity index (χ4v) is 11.6. The molecule has 2 fully saturated rings. The molecule has 0 bridgehead atoms. The van der Waals surface area contributed by atoms with Gasteiger partial charge in [-0.1, -0.05) is 83.1 Å². The quantitative estimate of drug-likeness (QED) is 0.128. The van der Waals surface area contributed by atoms with Gasteiger partial charge in [-0.25, -0.2) is 0 Å². The Morgan fingerprint density at radius 3 is 1.11 bits per heavy atom. The molecular formula is C54H72O14P2. The standard InChI is InChI=1S/C54H72O14P2/c1-50(2,3)37-24-29(55-15)20-33-34-21-30(56-16)25-38(51(4,5)6)43(34)65-69(64-42(33)37)60-28-41-46(47-48(49(59-19)61-41)63-54(13,14)62-47)68-70-66-44-35(22-31(57-17)26-39(44)52(7,8)9)36-23-32(58-18)27-40(45(36)67-70)53(10,11)12/h20-27,41,46-49H,28H2,1-19H3/t41-,46-,47+,48+,49+/m1/s1. The molecule has 2 aliphatic rings. The fourth-order valence-electron chi connectivity index (χ4n) is 9.24. The van der Waals surface area contributed by atoms with E-state index in [0.717, 1.165) is 43.8 Å². The summed E-state index contributed by atoms with van der Waals surface area (Å²) >= 11 is 0. The van der Waals surface area contributed by atoms with Crippen LogP contribution in [0.2, 0.25) is 0 Å². The molecular weight excluding hydrogens is 935 g/mol. The maximum atomic E-state index is 7.23. The third-order valence-corrected chi connectivity index (χ3v) is 15.0. The zero-order chi connectivity index (χ0) is 51.0. The van der Waals surface area contributed by atoms with E-state index in [1.807, 2.05) is 62.4 Å². The average molecular weight is 1010 g/mol. The zero-order valence-electron chi connectivity index (χ0n) is 44.3. The van der Waals surface area contributed by atoms with Crippen LogP contribution in [0.15, 0.2) is 65.3 Å². The van der Waals surface area contributed by atoms with Gasteiger partial charge < -0.3 is 54.7 Å². The molecule has 0 unspecified atom stereocenters. The Hall–Kier alpha value is -4.36. The van der Waals surface area contributed by atoms with E-state index < -0.39 is 63.8 Å². The van der Waals surface area contributed by atoms with E-state index in [9.17, 15) is 0 Å². The minimum Gasteiger partial charge on any atom is -0.497 e. The van der Waals surface area contributed by atoms with Gasteiger partial charge in [0.2, 0.25) is 0 Å². The van der Waals surface area contributed by atoms with Crippen molar-refractivity contribution in [2.45, 2.75) is 155 Å². The van der Waals surface area contributed by atoms with E-state index in [1.165, 1.54) is 0 Å². The molecule has 2 saturated heterocycles. The van der Waals surface area contributed by atoms with Gasteiger partial charge in [-0.3, -0.25) is 9.05 Å². The summed E-state index contributed by atoms with van der Waals surface area (Å²) in [6.45, 7) is 29.2. The summed E-state index contributed by atoms with van der Waals surface area (Å²) in [5, 5.41) is 3.14. The molecule has 5 atom stereocenters. The van der Waals surface area contributed by atoms with E-state index in [1.54, 1.807) is 35.5 Å². The lowest BCUT2D eigenvalue weighted by Gasteiger charge is -2.40. The molecule has 16 heteroatoms. The molecule has 8 rings (SSSR count). The van der Waals surface area contributed by atoms with Crippen molar-refractivity contribution in [3.8, 4) is 23.0 Å². The van der Waals surface area contributed by atoms with E-state index in [4.69, 9.17) is 63.7 Å². The summed E-state index contributed by atoms with van der Waals surface area (Å²) in [5.74, 6) is 1.69. The van der Waals surface area contributed by atoms with E-state index in [-0.39, 0.29) is 17.4 Å².